The van der Waals surface area contributed by atoms with Crippen LogP contribution < -0.4 is 0 Å². The zero-order valence-corrected chi connectivity index (χ0v) is 16.6. The summed E-state index contributed by atoms with van der Waals surface area (Å²) in [6.07, 6.45) is 1.60. The molecule has 0 spiro atoms. The SMILES string of the molecule is N#Cc1ccc(Cn2nnc(-c3cnn(-c4cccc(Cl)c4Cl)c3S)n2)cc1. The number of nitrogens with zero attached hydrogens (tertiary/aromatic N) is 7. The zero-order chi connectivity index (χ0) is 19.7. The lowest BCUT2D eigenvalue weighted by Gasteiger charge is -2.07. The van der Waals surface area contributed by atoms with Crippen LogP contribution in [-0.2, 0) is 6.54 Å². The molecule has 0 bridgehead atoms. The van der Waals surface area contributed by atoms with Crippen molar-refractivity contribution in [2.75, 3.05) is 0 Å². The summed E-state index contributed by atoms with van der Waals surface area (Å²) < 4.78 is 1.56. The maximum Gasteiger partial charge on any atom is 0.209 e. The van der Waals surface area contributed by atoms with E-state index in [4.69, 9.17) is 28.5 Å². The largest absolute Gasteiger partial charge is 0.225 e. The summed E-state index contributed by atoms with van der Waals surface area (Å²) in [7, 11) is 0. The molecule has 0 saturated carbocycles. The van der Waals surface area contributed by atoms with Crippen LogP contribution in [0.3, 0.4) is 0 Å². The minimum atomic E-state index is 0.381. The maximum absolute atomic E-state index is 8.87. The van der Waals surface area contributed by atoms with Gasteiger partial charge in [0.25, 0.3) is 0 Å². The van der Waals surface area contributed by atoms with Crippen LogP contribution in [-0.4, -0.2) is 30.0 Å². The summed E-state index contributed by atoms with van der Waals surface area (Å²) in [6, 6.07) is 14.6. The van der Waals surface area contributed by atoms with Crippen molar-refractivity contribution in [3.63, 3.8) is 0 Å². The maximum atomic E-state index is 8.87. The van der Waals surface area contributed by atoms with Gasteiger partial charge in [-0.3, -0.25) is 0 Å². The third-order valence-corrected chi connectivity index (χ3v) is 5.24. The average Bonchev–Trinajstić information content (AvgIpc) is 3.31. The van der Waals surface area contributed by atoms with Crippen LogP contribution in [0, 0.1) is 11.3 Å². The van der Waals surface area contributed by atoms with Crippen molar-refractivity contribution in [3.8, 4) is 23.1 Å². The Labute approximate surface area is 175 Å². The van der Waals surface area contributed by atoms with E-state index in [-0.39, 0.29) is 0 Å². The molecule has 2 heterocycles. The second-order valence-electron chi connectivity index (χ2n) is 5.82. The van der Waals surface area contributed by atoms with Gasteiger partial charge in [-0.25, -0.2) is 4.68 Å². The van der Waals surface area contributed by atoms with Crippen molar-refractivity contribution in [2.45, 2.75) is 11.6 Å². The van der Waals surface area contributed by atoms with Gasteiger partial charge < -0.3 is 0 Å². The molecule has 0 aliphatic rings. The van der Waals surface area contributed by atoms with E-state index < -0.39 is 0 Å². The highest BCUT2D eigenvalue weighted by atomic mass is 35.5. The van der Waals surface area contributed by atoms with E-state index in [1.807, 2.05) is 12.1 Å². The van der Waals surface area contributed by atoms with Gasteiger partial charge in [0, 0.05) is 0 Å². The van der Waals surface area contributed by atoms with Crippen molar-refractivity contribution in [1.29, 1.82) is 5.26 Å². The first-order valence-corrected chi connectivity index (χ1v) is 9.25. The predicted molar refractivity (Wildman–Crippen MR) is 108 cm³/mol. The van der Waals surface area contributed by atoms with Gasteiger partial charge in [0.2, 0.25) is 5.82 Å². The molecule has 0 N–H and O–H groups in total. The standard InChI is InChI=1S/C18H11Cl2N7S/c19-14-2-1-3-15(16(14)20)27-18(28)13(9-22-27)17-23-25-26(24-17)10-12-6-4-11(8-21)5-7-12/h1-7,9,28H,10H2. The molecule has 0 fully saturated rings. The Morgan fingerprint density at radius 3 is 2.64 bits per heavy atom. The topological polar surface area (TPSA) is 85.2 Å². The fourth-order valence-electron chi connectivity index (χ4n) is 2.60. The second-order valence-corrected chi connectivity index (χ2v) is 7.03. The Bertz CT molecular complexity index is 1190. The first-order chi connectivity index (χ1) is 13.6. The predicted octanol–water partition coefficient (Wildman–Crippen LogP) is 4.04. The third kappa shape index (κ3) is 3.47. The molecule has 28 heavy (non-hydrogen) atoms. The van der Waals surface area contributed by atoms with Gasteiger partial charge in [-0.05, 0) is 35.0 Å². The minimum absolute atomic E-state index is 0.381. The van der Waals surface area contributed by atoms with E-state index in [2.05, 4.69) is 39.2 Å². The number of nitriles is 1. The van der Waals surface area contributed by atoms with Gasteiger partial charge in [-0.2, -0.15) is 15.2 Å². The molecule has 4 aromatic rings. The molecule has 2 aromatic carbocycles. The number of tetrazole rings is 1. The molecule has 0 atom stereocenters. The van der Waals surface area contributed by atoms with Gasteiger partial charge in [0.1, 0.15) is 5.03 Å². The minimum Gasteiger partial charge on any atom is -0.225 e. The molecule has 4 rings (SSSR count). The summed E-state index contributed by atoms with van der Waals surface area (Å²) in [4.78, 5) is 1.47. The van der Waals surface area contributed by atoms with Crippen LogP contribution in [0.15, 0.2) is 53.7 Å². The molecule has 0 radical (unpaired) electrons. The molecule has 2 aromatic heterocycles. The number of benzene rings is 2. The van der Waals surface area contributed by atoms with Gasteiger partial charge in [-0.15, -0.1) is 22.8 Å². The van der Waals surface area contributed by atoms with Crippen LogP contribution in [0.2, 0.25) is 10.0 Å². The average molecular weight is 428 g/mol. The van der Waals surface area contributed by atoms with Crippen molar-refractivity contribution in [1.82, 2.24) is 30.0 Å². The number of hydrogen-bond donors (Lipinski definition) is 1. The van der Waals surface area contributed by atoms with Crippen LogP contribution >= 0.6 is 35.8 Å². The van der Waals surface area contributed by atoms with E-state index in [9.17, 15) is 0 Å². The molecule has 0 aliphatic carbocycles. The molecule has 0 saturated heterocycles. The monoisotopic (exact) mass is 427 g/mol. The highest BCUT2D eigenvalue weighted by molar-refractivity contribution is 7.80. The molecule has 0 unspecified atom stereocenters. The lowest BCUT2D eigenvalue weighted by Crippen LogP contribution is -2.04. The Morgan fingerprint density at radius 2 is 1.89 bits per heavy atom. The van der Waals surface area contributed by atoms with Crippen LogP contribution in [0.5, 0.6) is 0 Å². The van der Waals surface area contributed by atoms with E-state index in [1.165, 1.54) is 4.80 Å². The van der Waals surface area contributed by atoms with E-state index >= 15 is 0 Å². The lowest BCUT2D eigenvalue weighted by molar-refractivity contribution is 0.573. The number of hydrogen-bond acceptors (Lipinski definition) is 6. The van der Waals surface area contributed by atoms with Gasteiger partial charge >= 0.3 is 0 Å². The van der Waals surface area contributed by atoms with Crippen molar-refractivity contribution < 1.29 is 0 Å². The van der Waals surface area contributed by atoms with E-state index in [0.717, 1.165) is 5.56 Å². The van der Waals surface area contributed by atoms with Gasteiger partial charge in [0.15, 0.2) is 0 Å². The van der Waals surface area contributed by atoms with E-state index in [1.54, 1.807) is 41.2 Å². The fraction of sp³-hybridized carbons (Fsp3) is 0.0556. The van der Waals surface area contributed by atoms with E-state index in [0.29, 0.717) is 44.3 Å². The summed E-state index contributed by atoms with van der Waals surface area (Å²) in [6.45, 7) is 0.425. The first kappa shape index (κ1) is 18.5. The zero-order valence-electron chi connectivity index (χ0n) is 14.2. The van der Waals surface area contributed by atoms with Crippen LogP contribution in [0.4, 0.5) is 0 Å². The Morgan fingerprint density at radius 1 is 1.11 bits per heavy atom. The second kappa shape index (κ2) is 7.64. The smallest absolute Gasteiger partial charge is 0.209 e. The quantitative estimate of drug-likeness (QED) is 0.496. The Hall–Kier alpha value is -2.86. The fourth-order valence-corrected chi connectivity index (χ4v) is 3.29. The number of rotatable bonds is 4. The molecular formula is C18H11Cl2N7S. The number of halogens is 2. The lowest BCUT2D eigenvalue weighted by atomic mass is 10.1. The van der Waals surface area contributed by atoms with Gasteiger partial charge in [0.05, 0.1) is 45.7 Å². The highest BCUT2D eigenvalue weighted by Gasteiger charge is 2.17. The van der Waals surface area contributed by atoms with Crippen molar-refractivity contribution >= 4 is 35.8 Å². The molecule has 0 aliphatic heterocycles. The van der Waals surface area contributed by atoms with Crippen LogP contribution in [0.25, 0.3) is 17.1 Å². The Balaban J connectivity index is 1.61. The summed E-state index contributed by atoms with van der Waals surface area (Å²) >= 11 is 16.9. The third-order valence-electron chi connectivity index (χ3n) is 4.00. The summed E-state index contributed by atoms with van der Waals surface area (Å²) in [5.41, 5.74) is 2.78. The first-order valence-electron chi connectivity index (χ1n) is 8.05. The molecular weight excluding hydrogens is 417 g/mol. The number of thiol groups is 1. The molecule has 0 amide bonds. The van der Waals surface area contributed by atoms with Gasteiger partial charge in [-0.1, -0.05) is 41.4 Å². The van der Waals surface area contributed by atoms with Crippen molar-refractivity contribution in [3.05, 3.63) is 69.8 Å². The number of aromatic nitrogens is 6. The highest BCUT2D eigenvalue weighted by Crippen LogP contribution is 2.32. The molecule has 10 heteroatoms. The molecule has 138 valence electrons. The van der Waals surface area contributed by atoms with Crippen molar-refractivity contribution in [2.24, 2.45) is 0 Å². The normalized spacial score (nSPS) is 10.8. The summed E-state index contributed by atoms with van der Waals surface area (Å²) in [5, 5.41) is 27.1. The summed E-state index contributed by atoms with van der Waals surface area (Å²) in [5.74, 6) is 0.392. The molecule has 7 nitrogen and oxygen atoms in total. The van der Waals surface area contributed by atoms with Crippen LogP contribution in [0.1, 0.15) is 11.1 Å². The Kier molecular flexibility index (Phi) is 5.05.